The van der Waals surface area contributed by atoms with Crippen LogP contribution in [-0.2, 0) is 9.59 Å². The number of halogens is 1. The first-order chi connectivity index (χ1) is 18.2. The van der Waals surface area contributed by atoms with E-state index in [-0.39, 0.29) is 17.6 Å². The van der Waals surface area contributed by atoms with Gasteiger partial charge in [-0.2, -0.15) is 4.98 Å². The fraction of sp³-hybridized carbons (Fsp3) is 0.429. The maximum absolute atomic E-state index is 13.5. The summed E-state index contributed by atoms with van der Waals surface area (Å²) in [4.78, 5) is 36.8. The van der Waals surface area contributed by atoms with Gasteiger partial charge < -0.3 is 25.8 Å². The van der Waals surface area contributed by atoms with Crippen LogP contribution in [0.1, 0.15) is 38.7 Å². The first kappa shape index (κ1) is 30.3. The molecule has 0 aliphatic heterocycles. The highest BCUT2D eigenvalue weighted by Crippen LogP contribution is 2.18. The van der Waals surface area contributed by atoms with Crippen LogP contribution in [0.2, 0.25) is 0 Å². The van der Waals surface area contributed by atoms with Crippen molar-refractivity contribution < 1.29 is 14.0 Å². The summed E-state index contributed by atoms with van der Waals surface area (Å²) < 4.78 is 13.5. The van der Waals surface area contributed by atoms with Crippen LogP contribution >= 0.6 is 0 Å². The summed E-state index contributed by atoms with van der Waals surface area (Å²) in [5.74, 6) is 6.36. The van der Waals surface area contributed by atoms with E-state index in [1.165, 1.54) is 23.1 Å². The summed E-state index contributed by atoms with van der Waals surface area (Å²) in [7, 11) is 5.45. The van der Waals surface area contributed by atoms with Crippen LogP contribution in [0.25, 0.3) is 0 Å². The van der Waals surface area contributed by atoms with Gasteiger partial charge in [-0.3, -0.25) is 9.59 Å². The van der Waals surface area contributed by atoms with E-state index in [2.05, 4.69) is 44.7 Å². The Morgan fingerprint density at radius 3 is 2.71 bits per heavy atom. The minimum Gasteiger partial charge on any atom is -0.369 e. The lowest BCUT2D eigenvalue weighted by atomic mass is 10.2. The van der Waals surface area contributed by atoms with Gasteiger partial charge in [0.15, 0.2) is 0 Å². The second kappa shape index (κ2) is 16.0. The van der Waals surface area contributed by atoms with Crippen molar-refractivity contribution in [3.8, 4) is 11.8 Å². The van der Waals surface area contributed by atoms with Crippen molar-refractivity contribution in [2.24, 2.45) is 0 Å². The number of aromatic nitrogens is 2. The molecule has 2 aromatic rings. The van der Waals surface area contributed by atoms with E-state index in [9.17, 15) is 14.0 Å². The van der Waals surface area contributed by atoms with Gasteiger partial charge in [0.2, 0.25) is 17.8 Å². The molecular formula is C28H38FN7O2. The lowest BCUT2D eigenvalue weighted by Crippen LogP contribution is -2.45. The van der Waals surface area contributed by atoms with Gasteiger partial charge >= 0.3 is 0 Å². The molecule has 0 aliphatic rings. The molecule has 1 aromatic heterocycles. The molecule has 3 N–H and O–H groups in total. The zero-order valence-corrected chi connectivity index (χ0v) is 22.8. The zero-order valence-electron chi connectivity index (χ0n) is 22.8. The third-order valence-electron chi connectivity index (χ3n) is 5.45. The Hall–Kier alpha value is -3.97. The van der Waals surface area contributed by atoms with Crippen LogP contribution in [-0.4, -0.2) is 78.4 Å². The van der Waals surface area contributed by atoms with Gasteiger partial charge in [0, 0.05) is 44.9 Å². The highest BCUT2D eigenvalue weighted by atomic mass is 19.1. The highest BCUT2D eigenvalue weighted by Gasteiger charge is 2.20. The molecule has 0 fully saturated rings. The maximum atomic E-state index is 13.5. The van der Waals surface area contributed by atoms with Crippen LogP contribution in [0.3, 0.4) is 0 Å². The van der Waals surface area contributed by atoms with Crippen molar-refractivity contribution in [3.05, 3.63) is 54.0 Å². The molecule has 204 valence electrons. The highest BCUT2D eigenvalue weighted by molar-refractivity contribution is 5.92. The number of nitrogens with zero attached hydrogens (tertiary/aromatic N) is 4. The predicted octanol–water partition coefficient (Wildman–Crippen LogP) is 3.39. The normalized spacial score (nSPS) is 11.6. The number of anilines is 3. The van der Waals surface area contributed by atoms with Crippen LogP contribution in [0.15, 0.2) is 42.6 Å². The topological polar surface area (TPSA) is 102 Å². The quantitative estimate of drug-likeness (QED) is 0.210. The fourth-order valence-electron chi connectivity index (χ4n) is 3.15. The van der Waals surface area contributed by atoms with Crippen molar-refractivity contribution >= 4 is 29.3 Å². The molecule has 1 atom stereocenters. The minimum atomic E-state index is -0.582. The molecule has 1 aromatic carbocycles. The number of rotatable bonds is 13. The lowest BCUT2D eigenvalue weighted by Gasteiger charge is -2.23. The smallest absolute Gasteiger partial charge is 0.246 e. The molecule has 9 nitrogen and oxygen atoms in total. The maximum Gasteiger partial charge on any atom is 0.246 e. The zero-order chi connectivity index (χ0) is 27.9. The largest absolute Gasteiger partial charge is 0.369 e. The first-order valence-corrected chi connectivity index (χ1v) is 12.7. The Balaban J connectivity index is 1.87. The number of nitrogens with one attached hydrogen (secondary N) is 3. The van der Waals surface area contributed by atoms with Gasteiger partial charge in [0.05, 0.1) is 11.8 Å². The number of hydrogen-bond acceptors (Lipinski definition) is 7. The molecule has 2 rings (SSSR count). The van der Waals surface area contributed by atoms with Gasteiger partial charge in [0.25, 0.3) is 0 Å². The Kier molecular flexibility index (Phi) is 12.7. The average Bonchev–Trinajstić information content (AvgIpc) is 2.88. The predicted molar refractivity (Wildman–Crippen MR) is 150 cm³/mol. The molecule has 38 heavy (non-hydrogen) atoms. The molecule has 1 heterocycles. The molecule has 0 saturated carbocycles. The van der Waals surface area contributed by atoms with Crippen molar-refractivity contribution in [1.82, 2.24) is 25.1 Å². The Morgan fingerprint density at radius 2 is 2.00 bits per heavy atom. The van der Waals surface area contributed by atoms with E-state index >= 15 is 0 Å². The number of amides is 2. The van der Waals surface area contributed by atoms with Crippen molar-refractivity contribution in [2.45, 2.75) is 39.2 Å². The molecule has 0 saturated heterocycles. The van der Waals surface area contributed by atoms with E-state index in [1.807, 2.05) is 19.0 Å². The van der Waals surface area contributed by atoms with Gasteiger partial charge in [-0.25, -0.2) is 9.37 Å². The number of unbranched alkanes of at least 4 members (excludes halogenated alkanes) is 1. The SMILES string of the molecule is CCCNc1nc(Nc2cccc(F)c2)ncc1C#CCCCNC(=O)[C@H](C)N(C)C(=O)/C=C/CN(C)C. The molecule has 0 unspecified atom stereocenters. The van der Waals surface area contributed by atoms with Gasteiger partial charge in [-0.1, -0.05) is 30.9 Å². The van der Waals surface area contributed by atoms with E-state index in [0.717, 1.165) is 13.0 Å². The fourth-order valence-corrected chi connectivity index (χ4v) is 3.15. The standard InChI is InChI=1S/C28H38FN7O2/c1-6-16-30-26-22(20-32-28(34-26)33-24-14-10-13-23(29)19-24)12-8-7-9-17-31-27(38)21(2)36(5)25(37)15-11-18-35(3)4/h10-11,13-15,19-21H,6-7,9,16-18H2,1-5H3,(H,31,38)(H2,30,32,33,34)/b15-11+/t21-/m0/s1. The van der Waals surface area contributed by atoms with Crippen LogP contribution < -0.4 is 16.0 Å². The van der Waals surface area contributed by atoms with Crippen molar-refractivity contribution in [1.29, 1.82) is 0 Å². The van der Waals surface area contributed by atoms with E-state index in [4.69, 9.17) is 0 Å². The number of carbonyl (C=O) groups excluding carboxylic acids is 2. The van der Waals surface area contributed by atoms with Gasteiger partial charge in [0.1, 0.15) is 17.7 Å². The third-order valence-corrected chi connectivity index (χ3v) is 5.45. The van der Waals surface area contributed by atoms with Gasteiger partial charge in [-0.05, 0) is 52.1 Å². The van der Waals surface area contributed by atoms with Crippen molar-refractivity contribution in [3.63, 3.8) is 0 Å². The summed E-state index contributed by atoms with van der Waals surface area (Å²) in [6.45, 7) is 5.57. The summed E-state index contributed by atoms with van der Waals surface area (Å²) in [6, 6.07) is 5.50. The Morgan fingerprint density at radius 1 is 1.21 bits per heavy atom. The second-order valence-electron chi connectivity index (χ2n) is 9.00. The molecular weight excluding hydrogens is 485 g/mol. The first-order valence-electron chi connectivity index (χ1n) is 12.7. The van der Waals surface area contributed by atoms with E-state index in [1.54, 1.807) is 38.4 Å². The van der Waals surface area contributed by atoms with Gasteiger partial charge in [-0.15, -0.1) is 0 Å². The molecule has 0 spiro atoms. The van der Waals surface area contributed by atoms with Crippen LogP contribution in [0.5, 0.6) is 0 Å². The number of hydrogen-bond donors (Lipinski definition) is 3. The number of likely N-dealkylation sites (N-methyl/N-ethyl adjacent to an activating group) is 2. The summed E-state index contributed by atoms with van der Waals surface area (Å²) >= 11 is 0. The number of carbonyl (C=O) groups is 2. The summed E-state index contributed by atoms with van der Waals surface area (Å²) in [6.07, 6.45) is 7.01. The lowest BCUT2D eigenvalue weighted by molar-refractivity contribution is -0.135. The molecule has 0 aliphatic carbocycles. The summed E-state index contributed by atoms with van der Waals surface area (Å²) in [5, 5.41) is 9.11. The Labute approximate surface area is 224 Å². The minimum absolute atomic E-state index is 0.212. The van der Waals surface area contributed by atoms with E-state index in [0.29, 0.717) is 48.9 Å². The second-order valence-corrected chi connectivity index (χ2v) is 9.00. The van der Waals surface area contributed by atoms with Crippen molar-refractivity contribution in [2.75, 3.05) is 51.4 Å². The molecule has 0 bridgehead atoms. The number of benzene rings is 1. The summed E-state index contributed by atoms with van der Waals surface area (Å²) in [5.41, 5.74) is 1.21. The van der Waals surface area contributed by atoms with Crippen LogP contribution in [0, 0.1) is 17.7 Å². The molecule has 10 heteroatoms. The van der Waals surface area contributed by atoms with E-state index < -0.39 is 6.04 Å². The Bertz CT molecular complexity index is 1160. The van der Waals surface area contributed by atoms with Crippen LogP contribution in [0.4, 0.5) is 21.8 Å². The molecule has 0 radical (unpaired) electrons. The monoisotopic (exact) mass is 523 g/mol. The molecule has 2 amide bonds. The average molecular weight is 524 g/mol. The third kappa shape index (κ3) is 10.6.